The van der Waals surface area contributed by atoms with Crippen molar-refractivity contribution in [2.75, 3.05) is 13.2 Å². The molecule has 0 atom stereocenters. The zero-order valence-corrected chi connectivity index (χ0v) is 20.4. The summed E-state index contributed by atoms with van der Waals surface area (Å²) in [6, 6.07) is 25.3. The van der Waals surface area contributed by atoms with E-state index in [0.717, 1.165) is 48.7 Å². The minimum atomic E-state index is 0.780. The maximum absolute atomic E-state index is 5.89. The molecule has 0 fully saturated rings. The van der Waals surface area contributed by atoms with E-state index in [4.69, 9.17) is 9.47 Å². The molecule has 0 radical (unpaired) electrons. The van der Waals surface area contributed by atoms with Crippen LogP contribution in [0, 0.1) is 11.8 Å². The van der Waals surface area contributed by atoms with Gasteiger partial charge < -0.3 is 9.47 Å². The first-order valence-electron chi connectivity index (χ1n) is 12.6. The topological polar surface area (TPSA) is 18.5 Å². The molecule has 0 aliphatic rings. The maximum Gasteiger partial charge on any atom is 0.119 e. The smallest absolute Gasteiger partial charge is 0.119 e. The van der Waals surface area contributed by atoms with Gasteiger partial charge in [-0.15, -0.1) is 0 Å². The van der Waals surface area contributed by atoms with Gasteiger partial charge in [-0.05, 0) is 82.9 Å². The Hall–Kier alpha value is -3.44. The summed E-state index contributed by atoms with van der Waals surface area (Å²) in [7, 11) is 0. The van der Waals surface area contributed by atoms with Crippen LogP contribution in [-0.2, 0) is 0 Å². The van der Waals surface area contributed by atoms with Crippen molar-refractivity contribution in [3.63, 3.8) is 0 Å². The first-order chi connectivity index (χ1) is 16.7. The minimum Gasteiger partial charge on any atom is -0.494 e. The molecule has 0 aliphatic carbocycles. The number of unbranched alkanes of at least 4 members (excludes halogenated alkanes) is 4. The van der Waals surface area contributed by atoms with Crippen LogP contribution in [0.4, 0.5) is 0 Å². The van der Waals surface area contributed by atoms with Crippen molar-refractivity contribution in [1.82, 2.24) is 0 Å². The molecular formula is C32H34O2. The molecule has 4 aromatic carbocycles. The molecule has 0 aliphatic heterocycles. The summed E-state index contributed by atoms with van der Waals surface area (Å²) >= 11 is 0. The van der Waals surface area contributed by atoms with Crippen molar-refractivity contribution in [2.45, 2.75) is 52.4 Å². The first kappa shape index (κ1) is 23.7. The van der Waals surface area contributed by atoms with Gasteiger partial charge in [0.1, 0.15) is 11.5 Å². The van der Waals surface area contributed by atoms with E-state index in [1.165, 1.54) is 47.2 Å². The molecule has 0 N–H and O–H groups in total. The van der Waals surface area contributed by atoms with E-state index < -0.39 is 0 Å². The van der Waals surface area contributed by atoms with Crippen LogP contribution in [0.15, 0.2) is 72.8 Å². The molecule has 174 valence electrons. The van der Waals surface area contributed by atoms with Crippen LogP contribution in [0.1, 0.15) is 63.5 Å². The molecule has 0 spiro atoms. The van der Waals surface area contributed by atoms with Crippen molar-refractivity contribution < 1.29 is 9.47 Å². The Morgan fingerprint density at radius 1 is 0.500 bits per heavy atom. The third kappa shape index (κ3) is 6.55. The van der Waals surface area contributed by atoms with E-state index >= 15 is 0 Å². The molecule has 0 aromatic heterocycles. The van der Waals surface area contributed by atoms with Gasteiger partial charge >= 0.3 is 0 Å². The fourth-order valence-electron chi connectivity index (χ4n) is 4.01. The lowest BCUT2D eigenvalue weighted by atomic mass is 10.0. The second-order valence-corrected chi connectivity index (χ2v) is 8.81. The Kier molecular flexibility index (Phi) is 8.47. The van der Waals surface area contributed by atoms with Crippen molar-refractivity contribution in [3.05, 3.63) is 83.9 Å². The summed E-state index contributed by atoms with van der Waals surface area (Å²) < 4.78 is 11.8. The molecule has 2 heteroatoms. The Labute approximate surface area is 203 Å². The van der Waals surface area contributed by atoms with Crippen LogP contribution in [0.25, 0.3) is 21.5 Å². The summed E-state index contributed by atoms with van der Waals surface area (Å²) in [5.41, 5.74) is 2.03. The zero-order valence-electron chi connectivity index (χ0n) is 20.4. The van der Waals surface area contributed by atoms with E-state index in [9.17, 15) is 0 Å². The average Bonchev–Trinajstić information content (AvgIpc) is 2.87. The number of rotatable bonds is 10. The van der Waals surface area contributed by atoms with Gasteiger partial charge in [-0.3, -0.25) is 0 Å². The van der Waals surface area contributed by atoms with Gasteiger partial charge in [0, 0.05) is 11.1 Å². The zero-order chi connectivity index (χ0) is 23.6. The van der Waals surface area contributed by atoms with Crippen LogP contribution in [0.5, 0.6) is 11.5 Å². The van der Waals surface area contributed by atoms with E-state index in [2.05, 4.69) is 98.5 Å². The summed E-state index contributed by atoms with van der Waals surface area (Å²) in [4.78, 5) is 0. The molecule has 0 heterocycles. The number of hydrogen-bond donors (Lipinski definition) is 0. The number of hydrogen-bond acceptors (Lipinski definition) is 2. The van der Waals surface area contributed by atoms with E-state index in [0.29, 0.717) is 0 Å². The quantitative estimate of drug-likeness (QED) is 0.178. The third-order valence-corrected chi connectivity index (χ3v) is 6.01. The van der Waals surface area contributed by atoms with Crippen LogP contribution >= 0.6 is 0 Å². The summed E-state index contributed by atoms with van der Waals surface area (Å²) in [6.07, 6.45) is 7.04. The maximum atomic E-state index is 5.89. The predicted molar refractivity (Wildman–Crippen MR) is 144 cm³/mol. The Morgan fingerprint density at radius 3 is 1.35 bits per heavy atom. The van der Waals surface area contributed by atoms with Crippen LogP contribution in [0.3, 0.4) is 0 Å². The van der Waals surface area contributed by atoms with Crippen molar-refractivity contribution in [2.24, 2.45) is 0 Å². The van der Waals surface area contributed by atoms with Crippen molar-refractivity contribution >= 4 is 21.5 Å². The van der Waals surface area contributed by atoms with Gasteiger partial charge in [0.25, 0.3) is 0 Å². The summed E-state index contributed by atoms with van der Waals surface area (Å²) in [5, 5.41) is 4.71. The molecule has 4 aromatic rings. The van der Waals surface area contributed by atoms with E-state index in [1.807, 2.05) is 0 Å². The van der Waals surface area contributed by atoms with Crippen LogP contribution in [0.2, 0.25) is 0 Å². The Morgan fingerprint density at radius 2 is 0.912 bits per heavy atom. The lowest BCUT2D eigenvalue weighted by molar-refractivity contribution is 0.306. The first-order valence-corrected chi connectivity index (χ1v) is 12.6. The van der Waals surface area contributed by atoms with Crippen molar-refractivity contribution in [1.29, 1.82) is 0 Å². The molecule has 0 saturated carbocycles. The van der Waals surface area contributed by atoms with E-state index in [1.54, 1.807) is 0 Å². The van der Waals surface area contributed by atoms with Crippen molar-refractivity contribution in [3.8, 4) is 23.3 Å². The minimum absolute atomic E-state index is 0.780. The highest BCUT2D eigenvalue weighted by atomic mass is 16.5. The SMILES string of the molecule is CCCCCOc1ccc2cc(C#Cc3ccc4cc(OCCCCC)ccc4c3)ccc2c1. The number of ether oxygens (including phenoxy) is 2. The molecular weight excluding hydrogens is 416 g/mol. The largest absolute Gasteiger partial charge is 0.494 e. The molecule has 2 nitrogen and oxygen atoms in total. The molecule has 0 amide bonds. The lowest BCUT2D eigenvalue weighted by Crippen LogP contribution is -1.96. The van der Waals surface area contributed by atoms with Gasteiger partial charge in [-0.25, -0.2) is 0 Å². The van der Waals surface area contributed by atoms with Gasteiger partial charge in [0.05, 0.1) is 13.2 Å². The van der Waals surface area contributed by atoms with Gasteiger partial charge in [0.15, 0.2) is 0 Å². The highest BCUT2D eigenvalue weighted by Crippen LogP contribution is 2.24. The highest BCUT2D eigenvalue weighted by Gasteiger charge is 2.01. The van der Waals surface area contributed by atoms with Gasteiger partial charge in [0.2, 0.25) is 0 Å². The number of fused-ring (bicyclic) bond motifs is 2. The highest BCUT2D eigenvalue weighted by molar-refractivity contribution is 5.86. The van der Waals surface area contributed by atoms with Gasteiger partial charge in [-0.1, -0.05) is 75.6 Å². The molecule has 4 rings (SSSR count). The normalized spacial score (nSPS) is 10.8. The molecule has 0 bridgehead atoms. The predicted octanol–water partition coefficient (Wildman–Crippen LogP) is 8.53. The van der Waals surface area contributed by atoms with E-state index in [-0.39, 0.29) is 0 Å². The van der Waals surface area contributed by atoms with Gasteiger partial charge in [-0.2, -0.15) is 0 Å². The second-order valence-electron chi connectivity index (χ2n) is 8.81. The fraction of sp³-hybridized carbons (Fsp3) is 0.312. The molecule has 34 heavy (non-hydrogen) atoms. The molecule has 0 saturated heterocycles. The number of benzene rings is 4. The third-order valence-electron chi connectivity index (χ3n) is 6.01. The Balaban J connectivity index is 1.43. The fourth-order valence-corrected chi connectivity index (χ4v) is 4.01. The summed E-state index contributed by atoms with van der Waals surface area (Å²) in [5.74, 6) is 8.53. The summed E-state index contributed by atoms with van der Waals surface area (Å²) in [6.45, 7) is 5.97. The van der Waals surface area contributed by atoms with Crippen LogP contribution < -0.4 is 9.47 Å². The van der Waals surface area contributed by atoms with Crippen LogP contribution in [-0.4, -0.2) is 13.2 Å². The standard InChI is InChI=1S/C32H34O2/c1-3-5-7-19-33-31-17-15-27-21-25(11-13-29(27)23-31)9-10-26-12-14-30-24-32(18-16-28(30)22-26)34-20-8-6-4-2/h11-18,21-24H,3-8,19-20H2,1-2H3. The monoisotopic (exact) mass is 450 g/mol. The Bertz CT molecular complexity index is 1190. The average molecular weight is 451 g/mol. The lowest BCUT2D eigenvalue weighted by Gasteiger charge is -2.07. The second kappa shape index (κ2) is 12.1. The molecule has 0 unspecified atom stereocenters.